The first kappa shape index (κ1) is 13.2. The molecule has 0 amide bonds. The van der Waals surface area contributed by atoms with E-state index in [2.05, 4.69) is 48.0 Å². The molecule has 1 atom stereocenters. The van der Waals surface area contributed by atoms with Gasteiger partial charge in [-0.05, 0) is 47.2 Å². The maximum Gasteiger partial charge on any atom is 0.0342 e. The summed E-state index contributed by atoms with van der Waals surface area (Å²) in [5.41, 5.74) is 2.98. The Labute approximate surface area is 123 Å². The second kappa shape index (κ2) is 6.12. The monoisotopic (exact) mass is 289 g/mol. The largest absolute Gasteiger partial charge is 0.305 e. The van der Waals surface area contributed by atoms with Gasteiger partial charge in [0.05, 0.1) is 0 Å². The van der Waals surface area contributed by atoms with Gasteiger partial charge in [-0.15, -0.1) is 23.1 Å². The fourth-order valence-corrected chi connectivity index (χ4v) is 4.66. The summed E-state index contributed by atoms with van der Waals surface area (Å²) in [5.74, 6) is 1.22. The molecule has 1 aliphatic rings. The number of thiophene rings is 1. The topological polar surface area (TPSA) is 12.0 Å². The number of fused-ring (bicyclic) bond motifs is 1. The average Bonchev–Trinajstić information content (AvgIpc) is 2.92. The third-order valence-corrected chi connectivity index (χ3v) is 5.77. The van der Waals surface area contributed by atoms with Crippen LogP contribution in [0.3, 0.4) is 0 Å². The van der Waals surface area contributed by atoms with E-state index in [9.17, 15) is 0 Å². The zero-order valence-electron chi connectivity index (χ0n) is 11.2. The van der Waals surface area contributed by atoms with Gasteiger partial charge >= 0.3 is 0 Å². The highest BCUT2D eigenvalue weighted by molar-refractivity contribution is 7.99. The Balaban J connectivity index is 1.71. The Morgan fingerprint density at radius 3 is 3.05 bits per heavy atom. The normalized spacial score (nSPS) is 18.3. The van der Waals surface area contributed by atoms with Gasteiger partial charge in [-0.25, -0.2) is 0 Å². The molecular weight excluding hydrogens is 270 g/mol. The number of rotatable bonds is 4. The minimum absolute atomic E-state index is 0.518. The van der Waals surface area contributed by atoms with Crippen LogP contribution in [-0.4, -0.2) is 5.75 Å². The van der Waals surface area contributed by atoms with Gasteiger partial charge in [0.1, 0.15) is 0 Å². The summed E-state index contributed by atoms with van der Waals surface area (Å²) in [6, 6.07) is 11.6. The van der Waals surface area contributed by atoms with E-state index in [4.69, 9.17) is 0 Å². The van der Waals surface area contributed by atoms with E-state index in [1.807, 2.05) is 23.1 Å². The molecule has 100 valence electrons. The van der Waals surface area contributed by atoms with E-state index in [0.29, 0.717) is 6.04 Å². The molecule has 1 N–H and O–H groups in total. The summed E-state index contributed by atoms with van der Waals surface area (Å²) in [4.78, 5) is 2.95. The van der Waals surface area contributed by atoms with Crippen molar-refractivity contribution in [3.05, 3.63) is 51.7 Å². The summed E-state index contributed by atoms with van der Waals surface area (Å²) >= 11 is 3.86. The molecule has 0 saturated carbocycles. The van der Waals surface area contributed by atoms with Crippen molar-refractivity contribution < 1.29 is 0 Å². The van der Waals surface area contributed by atoms with E-state index < -0.39 is 0 Å². The minimum atomic E-state index is 0.518. The van der Waals surface area contributed by atoms with E-state index >= 15 is 0 Å². The number of thioether (sulfide) groups is 1. The van der Waals surface area contributed by atoms with Crippen LogP contribution in [0, 0.1) is 0 Å². The Bertz CT molecular complexity index is 547. The van der Waals surface area contributed by atoms with Crippen LogP contribution in [-0.2, 0) is 13.0 Å². The SMILES string of the molecule is CCc1ccsc1CNC1CCSc2ccccc21. The quantitative estimate of drug-likeness (QED) is 0.880. The smallest absolute Gasteiger partial charge is 0.0342 e. The highest BCUT2D eigenvalue weighted by Crippen LogP contribution is 2.36. The van der Waals surface area contributed by atoms with Crippen LogP contribution >= 0.6 is 23.1 Å². The molecule has 3 heteroatoms. The van der Waals surface area contributed by atoms with Gasteiger partial charge in [0.25, 0.3) is 0 Å². The van der Waals surface area contributed by atoms with Crippen LogP contribution in [0.1, 0.15) is 35.4 Å². The second-order valence-corrected chi connectivity index (χ2v) is 6.97. The van der Waals surface area contributed by atoms with Crippen LogP contribution in [0.2, 0.25) is 0 Å². The predicted octanol–water partition coefficient (Wildman–Crippen LogP) is 4.64. The molecule has 2 heterocycles. The molecule has 0 saturated heterocycles. The number of hydrogen-bond donors (Lipinski definition) is 1. The molecule has 3 rings (SSSR count). The molecule has 0 aliphatic carbocycles. The fraction of sp³-hybridized carbons (Fsp3) is 0.375. The molecular formula is C16H19NS2. The van der Waals surface area contributed by atoms with Crippen LogP contribution in [0.25, 0.3) is 0 Å². The zero-order chi connectivity index (χ0) is 13.1. The first-order valence-electron chi connectivity index (χ1n) is 6.89. The first-order valence-corrected chi connectivity index (χ1v) is 8.75. The minimum Gasteiger partial charge on any atom is -0.305 e. The molecule has 2 aromatic rings. The Kier molecular flexibility index (Phi) is 4.26. The van der Waals surface area contributed by atoms with Crippen molar-refractivity contribution in [3.8, 4) is 0 Å². The Hall–Kier alpha value is -0.770. The van der Waals surface area contributed by atoms with Gasteiger partial charge in [0, 0.05) is 22.4 Å². The third-order valence-electron chi connectivity index (χ3n) is 3.69. The molecule has 19 heavy (non-hydrogen) atoms. The molecule has 1 aliphatic heterocycles. The highest BCUT2D eigenvalue weighted by Gasteiger charge is 2.19. The standard InChI is InChI=1S/C16H19NS2/c1-2-12-7-9-19-16(12)11-17-14-8-10-18-15-6-4-3-5-13(14)15/h3-7,9,14,17H,2,8,10-11H2,1H3. The van der Waals surface area contributed by atoms with Gasteiger partial charge in [-0.1, -0.05) is 25.1 Å². The molecule has 0 radical (unpaired) electrons. The van der Waals surface area contributed by atoms with E-state index in [0.717, 1.165) is 13.0 Å². The average molecular weight is 289 g/mol. The van der Waals surface area contributed by atoms with Crippen LogP contribution < -0.4 is 5.32 Å². The Morgan fingerprint density at radius 1 is 1.26 bits per heavy atom. The molecule has 0 spiro atoms. The first-order chi connectivity index (χ1) is 9.38. The van der Waals surface area contributed by atoms with E-state index in [1.165, 1.54) is 33.1 Å². The predicted molar refractivity (Wildman–Crippen MR) is 85.1 cm³/mol. The summed E-state index contributed by atoms with van der Waals surface area (Å²) in [6.45, 7) is 3.24. The van der Waals surface area contributed by atoms with Crippen molar-refractivity contribution in [2.45, 2.75) is 37.2 Å². The van der Waals surface area contributed by atoms with Crippen LogP contribution in [0.15, 0.2) is 40.6 Å². The maximum absolute atomic E-state index is 3.75. The van der Waals surface area contributed by atoms with Crippen molar-refractivity contribution in [1.82, 2.24) is 5.32 Å². The van der Waals surface area contributed by atoms with Gasteiger partial charge in [0.15, 0.2) is 0 Å². The van der Waals surface area contributed by atoms with Gasteiger partial charge in [-0.2, -0.15) is 0 Å². The lowest BCUT2D eigenvalue weighted by Crippen LogP contribution is -2.24. The van der Waals surface area contributed by atoms with Crippen molar-refractivity contribution in [3.63, 3.8) is 0 Å². The van der Waals surface area contributed by atoms with Crippen molar-refractivity contribution in [2.24, 2.45) is 0 Å². The zero-order valence-corrected chi connectivity index (χ0v) is 12.8. The lowest BCUT2D eigenvalue weighted by Gasteiger charge is -2.26. The molecule has 0 fully saturated rings. The van der Waals surface area contributed by atoms with Crippen molar-refractivity contribution in [2.75, 3.05) is 5.75 Å². The van der Waals surface area contributed by atoms with Gasteiger partial charge in [-0.3, -0.25) is 0 Å². The molecule has 1 unspecified atom stereocenters. The number of nitrogens with one attached hydrogen (secondary N) is 1. The number of benzene rings is 1. The summed E-state index contributed by atoms with van der Waals surface area (Å²) in [6.07, 6.45) is 2.37. The van der Waals surface area contributed by atoms with Gasteiger partial charge in [0.2, 0.25) is 0 Å². The molecule has 1 nitrogen and oxygen atoms in total. The molecule has 0 bridgehead atoms. The number of aryl methyl sites for hydroxylation is 1. The highest BCUT2D eigenvalue weighted by atomic mass is 32.2. The summed E-state index contributed by atoms with van der Waals surface area (Å²) in [5, 5.41) is 5.96. The van der Waals surface area contributed by atoms with Crippen molar-refractivity contribution in [1.29, 1.82) is 0 Å². The lowest BCUT2D eigenvalue weighted by molar-refractivity contribution is 0.512. The Morgan fingerprint density at radius 2 is 2.16 bits per heavy atom. The van der Waals surface area contributed by atoms with Crippen LogP contribution in [0.5, 0.6) is 0 Å². The van der Waals surface area contributed by atoms with E-state index in [-0.39, 0.29) is 0 Å². The maximum atomic E-state index is 3.75. The summed E-state index contributed by atoms with van der Waals surface area (Å²) < 4.78 is 0. The molecule has 1 aromatic carbocycles. The second-order valence-electron chi connectivity index (χ2n) is 4.83. The van der Waals surface area contributed by atoms with Crippen molar-refractivity contribution >= 4 is 23.1 Å². The fourth-order valence-electron chi connectivity index (χ4n) is 2.61. The van der Waals surface area contributed by atoms with E-state index in [1.54, 1.807) is 0 Å². The lowest BCUT2D eigenvalue weighted by atomic mass is 10.0. The van der Waals surface area contributed by atoms with Gasteiger partial charge < -0.3 is 5.32 Å². The summed E-state index contributed by atoms with van der Waals surface area (Å²) in [7, 11) is 0. The van der Waals surface area contributed by atoms with Crippen LogP contribution in [0.4, 0.5) is 0 Å². The third kappa shape index (κ3) is 2.88. The number of hydrogen-bond acceptors (Lipinski definition) is 3. The molecule has 1 aromatic heterocycles.